The molecule has 5 nitrogen and oxygen atoms in total. The maximum absolute atomic E-state index is 13.6. The molecule has 0 aliphatic carbocycles. The Hall–Kier alpha value is -2.63. The average Bonchev–Trinajstić information content (AvgIpc) is 3.16. The van der Waals surface area contributed by atoms with Gasteiger partial charge in [0.2, 0.25) is 11.8 Å². The minimum Gasteiger partial charge on any atom is -0.323 e. The second-order valence-corrected chi connectivity index (χ2v) is 7.46. The number of nitrogens with zero attached hydrogens (tertiary/aromatic N) is 1. The number of carbonyl (C=O) groups is 2. The van der Waals surface area contributed by atoms with Gasteiger partial charge >= 0.3 is 0 Å². The molecule has 132 valence electrons. The van der Waals surface area contributed by atoms with Crippen LogP contribution in [-0.4, -0.2) is 17.6 Å². The molecule has 26 heavy (non-hydrogen) atoms. The molecule has 0 spiro atoms. The van der Waals surface area contributed by atoms with Crippen LogP contribution in [0.5, 0.6) is 0 Å². The van der Waals surface area contributed by atoms with Crippen LogP contribution in [-0.2, 0) is 9.59 Å². The van der Waals surface area contributed by atoms with Crippen molar-refractivity contribution in [1.82, 2.24) is 5.32 Å². The number of nitrogens with one attached hydrogen (secondary N) is 2. The van der Waals surface area contributed by atoms with Crippen molar-refractivity contribution in [3.63, 3.8) is 0 Å². The standard InChI is InChI=1S/C18H14FN3O2S2/c19-13-4-1-2-5-14(13)21-17(24)10-26-18-12(9-20)11(8-16(23)22-18)15-6-3-7-25-15/h1-7,11H,8,10H2,(H,21,24)(H,22,23)/t11-/m1/s1. The summed E-state index contributed by atoms with van der Waals surface area (Å²) in [6.45, 7) is 0. The highest BCUT2D eigenvalue weighted by Gasteiger charge is 2.30. The summed E-state index contributed by atoms with van der Waals surface area (Å²) in [7, 11) is 0. The van der Waals surface area contributed by atoms with E-state index in [1.807, 2.05) is 17.5 Å². The molecular weight excluding hydrogens is 373 g/mol. The van der Waals surface area contributed by atoms with Gasteiger partial charge < -0.3 is 10.6 Å². The van der Waals surface area contributed by atoms with Crippen LogP contribution in [0.25, 0.3) is 0 Å². The number of rotatable bonds is 5. The Bertz CT molecular complexity index is 903. The molecule has 0 unspecified atom stereocenters. The summed E-state index contributed by atoms with van der Waals surface area (Å²) in [6.07, 6.45) is 0.203. The Morgan fingerprint density at radius 1 is 1.38 bits per heavy atom. The molecule has 0 radical (unpaired) electrons. The van der Waals surface area contributed by atoms with Crippen molar-refractivity contribution >= 4 is 40.6 Å². The van der Waals surface area contributed by atoms with E-state index in [4.69, 9.17) is 0 Å². The first-order valence-corrected chi connectivity index (χ1v) is 9.59. The Morgan fingerprint density at radius 3 is 2.88 bits per heavy atom. The number of benzene rings is 1. The van der Waals surface area contributed by atoms with Crippen LogP contribution in [0.15, 0.2) is 52.4 Å². The van der Waals surface area contributed by atoms with E-state index < -0.39 is 11.7 Å². The molecule has 1 aliphatic rings. The number of para-hydroxylation sites is 1. The van der Waals surface area contributed by atoms with Gasteiger partial charge in [-0.2, -0.15) is 5.26 Å². The Morgan fingerprint density at radius 2 is 2.19 bits per heavy atom. The van der Waals surface area contributed by atoms with E-state index >= 15 is 0 Å². The quantitative estimate of drug-likeness (QED) is 0.821. The van der Waals surface area contributed by atoms with Crippen molar-refractivity contribution in [2.45, 2.75) is 12.3 Å². The van der Waals surface area contributed by atoms with Gasteiger partial charge in [-0.15, -0.1) is 11.3 Å². The lowest BCUT2D eigenvalue weighted by atomic mass is 9.93. The van der Waals surface area contributed by atoms with E-state index in [9.17, 15) is 19.2 Å². The van der Waals surface area contributed by atoms with Crippen molar-refractivity contribution in [3.05, 3.63) is 63.1 Å². The number of carbonyl (C=O) groups excluding carboxylic acids is 2. The smallest absolute Gasteiger partial charge is 0.234 e. The molecule has 0 bridgehead atoms. The van der Waals surface area contributed by atoms with Crippen LogP contribution in [0.4, 0.5) is 10.1 Å². The molecule has 0 saturated carbocycles. The minimum absolute atomic E-state index is 0.0493. The number of hydrogen-bond donors (Lipinski definition) is 2. The average molecular weight is 387 g/mol. The summed E-state index contributed by atoms with van der Waals surface area (Å²) in [5, 5.41) is 17.0. The molecule has 1 aliphatic heterocycles. The normalized spacial score (nSPS) is 16.8. The lowest BCUT2D eigenvalue weighted by Gasteiger charge is -2.23. The third-order valence-electron chi connectivity index (χ3n) is 3.74. The molecule has 0 saturated heterocycles. The lowest BCUT2D eigenvalue weighted by Crippen LogP contribution is -2.31. The fourth-order valence-electron chi connectivity index (χ4n) is 2.55. The summed E-state index contributed by atoms with van der Waals surface area (Å²) in [4.78, 5) is 25.0. The van der Waals surface area contributed by atoms with Crippen molar-refractivity contribution in [1.29, 1.82) is 5.26 Å². The number of anilines is 1. The van der Waals surface area contributed by atoms with E-state index in [0.29, 0.717) is 10.6 Å². The summed E-state index contributed by atoms with van der Waals surface area (Å²) < 4.78 is 13.6. The van der Waals surface area contributed by atoms with E-state index in [1.54, 1.807) is 6.07 Å². The van der Waals surface area contributed by atoms with Gasteiger partial charge in [-0.3, -0.25) is 9.59 Å². The van der Waals surface area contributed by atoms with Crippen LogP contribution in [0.2, 0.25) is 0 Å². The van der Waals surface area contributed by atoms with Crippen LogP contribution in [0.1, 0.15) is 17.2 Å². The Balaban J connectivity index is 1.72. The third kappa shape index (κ3) is 4.12. The fraction of sp³-hybridized carbons (Fsp3) is 0.167. The summed E-state index contributed by atoms with van der Waals surface area (Å²) >= 11 is 2.55. The molecule has 1 aromatic carbocycles. The summed E-state index contributed by atoms with van der Waals surface area (Å²) in [6, 6.07) is 11.8. The maximum atomic E-state index is 13.6. The highest BCUT2D eigenvalue weighted by Crippen LogP contribution is 2.37. The van der Waals surface area contributed by atoms with Gasteiger partial charge in [-0.25, -0.2) is 4.39 Å². The van der Waals surface area contributed by atoms with Crippen LogP contribution in [0.3, 0.4) is 0 Å². The monoisotopic (exact) mass is 387 g/mol. The zero-order valence-electron chi connectivity index (χ0n) is 13.5. The summed E-state index contributed by atoms with van der Waals surface area (Å²) in [5.41, 5.74) is 0.535. The van der Waals surface area contributed by atoms with Crippen molar-refractivity contribution < 1.29 is 14.0 Å². The van der Waals surface area contributed by atoms with Gasteiger partial charge in [-0.05, 0) is 23.6 Å². The molecular formula is C18H14FN3O2S2. The first kappa shape index (κ1) is 18.2. The third-order valence-corrected chi connectivity index (χ3v) is 5.74. The fourth-order valence-corrected chi connectivity index (χ4v) is 4.27. The zero-order chi connectivity index (χ0) is 18.5. The van der Waals surface area contributed by atoms with Gasteiger partial charge in [0, 0.05) is 17.2 Å². The second kappa shape index (κ2) is 8.17. The maximum Gasteiger partial charge on any atom is 0.234 e. The van der Waals surface area contributed by atoms with Crippen molar-refractivity contribution in [2.75, 3.05) is 11.1 Å². The Labute approximate surface area is 157 Å². The summed E-state index contributed by atoms with van der Waals surface area (Å²) in [5.74, 6) is -1.49. The number of halogens is 1. The number of thiophene rings is 1. The van der Waals surface area contributed by atoms with Crippen LogP contribution in [0, 0.1) is 17.1 Å². The van der Waals surface area contributed by atoms with E-state index in [0.717, 1.165) is 16.6 Å². The van der Waals surface area contributed by atoms with Crippen molar-refractivity contribution in [3.8, 4) is 6.07 Å². The number of nitriles is 1. The predicted molar refractivity (Wildman–Crippen MR) is 99.9 cm³/mol. The molecule has 8 heteroatoms. The highest BCUT2D eigenvalue weighted by atomic mass is 32.2. The molecule has 3 rings (SSSR count). The van der Waals surface area contributed by atoms with Crippen molar-refractivity contribution in [2.24, 2.45) is 0 Å². The number of thioether (sulfide) groups is 1. The molecule has 0 fully saturated rings. The largest absolute Gasteiger partial charge is 0.323 e. The van der Waals surface area contributed by atoms with Gasteiger partial charge in [0.25, 0.3) is 0 Å². The lowest BCUT2D eigenvalue weighted by molar-refractivity contribution is -0.121. The molecule has 2 amide bonds. The molecule has 1 aromatic heterocycles. The number of amides is 2. The molecule has 1 atom stereocenters. The van der Waals surface area contributed by atoms with E-state index in [2.05, 4.69) is 16.7 Å². The van der Waals surface area contributed by atoms with Crippen LogP contribution < -0.4 is 10.6 Å². The van der Waals surface area contributed by atoms with Crippen LogP contribution >= 0.6 is 23.1 Å². The van der Waals surface area contributed by atoms with Gasteiger partial charge in [0.1, 0.15) is 5.82 Å². The molecule has 2 N–H and O–H groups in total. The highest BCUT2D eigenvalue weighted by molar-refractivity contribution is 8.03. The SMILES string of the molecule is N#CC1=C(SCC(=O)Nc2ccccc2F)NC(=O)C[C@H]1c1cccs1. The Kier molecular flexibility index (Phi) is 5.71. The minimum atomic E-state index is -0.522. The number of hydrogen-bond acceptors (Lipinski definition) is 5. The van der Waals surface area contributed by atoms with E-state index in [1.165, 1.54) is 29.5 Å². The topological polar surface area (TPSA) is 82.0 Å². The number of allylic oxidation sites excluding steroid dienone is 1. The predicted octanol–water partition coefficient (Wildman–Crippen LogP) is 3.60. The zero-order valence-corrected chi connectivity index (χ0v) is 15.1. The van der Waals surface area contributed by atoms with Gasteiger partial charge in [0.15, 0.2) is 0 Å². The molecule has 2 aromatic rings. The first-order chi connectivity index (χ1) is 12.6. The first-order valence-electron chi connectivity index (χ1n) is 7.73. The second-order valence-electron chi connectivity index (χ2n) is 5.49. The van der Waals surface area contributed by atoms with E-state index in [-0.39, 0.29) is 29.7 Å². The molecule has 2 heterocycles. The van der Waals surface area contributed by atoms with Gasteiger partial charge in [-0.1, -0.05) is 30.0 Å². The van der Waals surface area contributed by atoms with Gasteiger partial charge in [0.05, 0.1) is 28.1 Å².